The van der Waals surface area contributed by atoms with Crippen molar-refractivity contribution in [3.8, 4) is 0 Å². The Bertz CT molecular complexity index is 1340. The second kappa shape index (κ2) is 9.16. The molecule has 170 valence electrons. The molecule has 0 bridgehead atoms. The number of anilines is 3. The lowest BCUT2D eigenvalue weighted by Gasteiger charge is -2.16. The molecule has 0 saturated heterocycles. The zero-order chi connectivity index (χ0) is 23.5. The first kappa shape index (κ1) is 23.5. The predicted molar refractivity (Wildman–Crippen MR) is 119 cm³/mol. The van der Waals surface area contributed by atoms with Crippen LogP contribution < -0.4 is 15.8 Å². The number of rotatable bonds is 7. The van der Waals surface area contributed by atoms with E-state index in [4.69, 9.17) is 5.14 Å². The van der Waals surface area contributed by atoms with Crippen molar-refractivity contribution in [1.29, 1.82) is 0 Å². The number of primary sulfonamides is 1. The topological polar surface area (TPSA) is 147 Å². The third kappa shape index (κ3) is 5.97. The van der Waals surface area contributed by atoms with Gasteiger partial charge in [-0.15, -0.1) is 0 Å². The van der Waals surface area contributed by atoms with E-state index in [1.807, 2.05) is 0 Å². The van der Waals surface area contributed by atoms with Gasteiger partial charge in [-0.1, -0.05) is 18.2 Å². The van der Waals surface area contributed by atoms with Gasteiger partial charge in [-0.2, -0.15) is 4.98 Å². The fourth-order valence-corrected chi connectivity index (χ4v) is 3.95. The minimum atomic E-state index is -3.89. The molecule has 10 nitrogen and oxygen atoms in total. The van der Waals surface area contributed by atoms with E-state index in [1.54, 1.807) is 24.3 Å². The maximum absolute atomic E-state index is 14.3. The van der Waals surface area contributed by atoms with Crippen LogP contribution in [-0.2, 0) is 20.0 Å². The summed E-state index contributed by atoms with van der Waals surface area (Å²) in [7, 11) is -4.59. The molecule has 1 heterocycles. The van der Waals surface area contributed by atoms with Crippen molar-refractivity contribution in [2.45, 2.75) is 11.3 Å². The zero-order valence-electron chi connectivity index (χ0n) is 17.1. The summed E-state index contributed by atoms with van der Waals surface area (Å²) in [6.45, 7) is 0. The molecule has 0 saturated carbocycles. The monoisotopic (exact) mass is 480 g/mol. The molecule has 0 aliphatic heterocycles. The highest BCUT2D eigenvalue weighted by Crippen LogP contribution is 2.24. The Morgan fingerprint density at radius 2 is 1.94 bits per heavy atom. The fraction of sp³-hybridized carbons (Fsp3) is 0.158. The van der Waals surface area contributed by atoms with Gasteiger partial charge in [0.1, 0.15) is 0 Å². The average molecular weight is 481 g/mol. The standard InChI is InChI=1S/C19H21FN6O4S2/c1-26(2)31(27,28)12-13-5-3-6-14(9-13)23-18-17(20)11-22-19(25-18)24-15-7-4-8-16(10-15)32(21,29)30/h3-8,10-12H,9H2,1-2H3,(H2,21,29,30)(H2,22,23,24,25). The van der Waals surface area contributed by atoms with Crippen molar-refractivity contribution in [2.75, 3.05) is 24.7 Å². The number of nitrogens with two attached hydrogens (primary N) is 1. The number of nitrogens with zero attached hydrogens (tertiary/aromatic N) is 3. The van der Waals surface area contributed by atoms with E-state index in [0.717, 1.165) is 15.9 Å². The van der Waals surface area contributed by atoms with Gasteiger partial charge in [-0.25, -0.2) is 35.7 Å². The molecule has 13 heteroatoms. The van der Waals surface area contributed by atoms with Crippen LogP contribution >= 0.6 is 0 Å². The molecule has 1 aromatic carbocycles. The third-order valence-corrected chi connectivity index (χ3v) is 6.78. The molecular weight excluding hydrogens is 459 g/mol. The lowest BCUT2D eigenvalue weighted by molar-refractivity contribution is 0.530. The highest BCUT2D eigenvalue weighted by Gasteiger charge is 2.15. The Morgan fingerprint density at radius 1 is 1.19 bits per heavy atom. The van der Waals surface area contributed by atoms with Crippen molar-refractivity contribution < 1.29 is 21.2 Å². The van der Waals surface area contributed by atoms with E-state index < -0.39 is 25.9 Å². The molecule has 4 N–H and O–H groups in total. The predicted octanol–water partition coefficient (Wildman–Crippen LogP) is 2.04. The van der Waals surface area contributed by atoms with Crippen LogP contribution in [0.25, 0.3) is 0 Å². The maximum Gasteiger partial charge on any atom is 0.238 e. The second-order valence-corrected chi connectivity index (χ2v) is 10.5. The number of benzene rings is 1. The van der Waals surface area contributed by atoms with Crippen molar-refractivity contribution >= 4 is 37.5 Å². The van der Waals surface area contributed by atoms with Gasteiger partial charge in [0.2, 0.25) is 26.0 Å². The summed E-state index contributed by atoms with van der Waals surface area (Å²) in [5.41, 5.74) is 1.37. The van der Waals surface area contributed by atoms with Gasteiger partial charge < -0.3 is 10.6 Å². The molecule has 1 aliphatic rings. The molecule has 0 radical (unpaired) electrons. The number of hydrogen-bond donors (Lipinski definition) is 3. The molecule has 0 spiro atoms. The summed E-state index contributed by atoms with van der Waals surface area (Å²) in [5.74, 6) is -0.851. The largest absolute Gasteiger partial charge is 0.341 e. The highest BCUT2D eigenvalue weighted by molar-refractivity contribution is 7.92. The number of nitrogens with one attached hydrogen (secondary N) is 2. The van der Waals surface area contributed by atoms with Crippen molar-refractivity contribution in [2.24, 2.45) is 5.14 Å². The molecule has 2 aromatic rings. The molecule has 0 atom stereocenters. The zero-order valence-corrected chi connectivity index (χ0v) is 18.8. The molecule has 32 heavy (non-hydrogen) atoms. The van der Waals surface area contributed by atoms with Crippen molar-refractivity contribution in [3.63, 3.8) is 0 Å². The summed E-state index contributed by atoms with van der Waals surface area (Å²) in [6, 6.07) is 5.69. The molecule has 3 rings (SSSR count). The van der Waals surface area contributed by atoms with Gasteiger partial charge in [0.05, 0.1) is 11.1 Å². The average Bonchev–Trinajstić information content (AvgIpc) is 2.70. The van der Waals surface area contributed by atoms with Gasteiger partial charge >= 0.3 is 0 Å². The van der Waals surface area contributed by atoms with Gasteiger partial charge in [0.15, 0.2) is 11.6 Å². The first-order chi connectivity index (χ1) is 14.9. The highest BCUT2D eigenvalue weighted by atomic mass is 32.2. The van der Waals surface area contributed by atoms with Crippen molar-refractivity contribution in [3.05, 3.63) is 71.2 Å². The van der Waals surface area contributed by atoms with Gasteiger partial charge in [0, 0.05) is 37.3 Å². The van der Waals surface area contributed by atoms with E-state index in [-0.39, 0.29) is 23.1 Å². The minimum absolute atomic E-state index is 0.0124. The molecule has 0 fully saturated rings. The van der Waals surface area contributed by atoms with Crippen LogP contribution in [0.15, 0.2) is 70.3 Å². The van der Waals surface area contributed by atoms with Crippen LogP contribution in [0.3, 0.4) is 0 Å². The number of aromatic nitrogens is 2. The summed E-state index contributed by atoms with van der Waals surface area (Å²) >= 11 is 0. The van der Waals surface area contributed by atoms with Crippen LogP contribution in [0.1, 0.15) is 6.42 Å². The lowest BCUT2D eigenvalue weighted by atomic mass is 10.1. The second-order valence-electron chi connectivity index (χ2n) is 6.96. The lowest BCUT2D eigenvalue weighted by Crippen LogP contribution is -2.20. The smallest absolute Gasteiger partial charge is 0.238 e. The van der Waals surface area contributed by atoms with Crippen LogP contribution in [0, 0.1) is 5.82 Å². The third-order valence-electron chi connectivity index (χ3n) is 4.25. The van der Waals surface area contributed by atoms with E-state index in [1.165, 1.54) is 32.3 Å². The number of halogens is 1. The molecule has 1 aliphatic carbocycles. The van der Waals surface area contributed by atoms with Gasteiger partial charge in [-0.3, -0.25) is 0 Å². The van der Waals surface area contributed by atoms with Gasteiger partial charge in [-0.05, 0) is 29.8 Å². The first-order valence-electron chi connectivity index (χ1n) is 9.14. The van der Waals surface area contributed by atoms with Crippen LogP contribution in [-0.4, -0.2) is 45.2 Å². The Labute approximate surface area is 185 Å². The van der Waals surface area contributed by atoms with Gasteiger partial charge in [0.25, 0.3) is 0 Å². The molecular formula is C19H21FN6O4S2. The number of allylic oxidation sites excluding steroid dienone is 4. The number of hydrogen-bond acceptors (Lipinski definition) is 8. The normalized spacial score (nSPS) is 15.7. The Morgan fingerprint density at radius 3 is 2.62 bits per heavy atom. The molecule has 0 amide bonds. The number of sulfonamides is 2. The minimum Gasteiger partial charge on any atom is -0.341 e. The SMILES string of the molecule is CN(C)S(=O)(=O)C=C1C=CC=C(Nc2nc(Nc3cccc(S(N)(=O)=O)c3)ncc2F)C1. The van der Waals surface area contributed by atoms with Crippen molar-refractivity contribution in [1.82, 2.24) is 14.3 Å². The summed E-state index contributed by atoms with van der Waals surface area (Å²) in [4.78, 5) is 7.83. The van der Waals surface area contributed by atoms with Crippen LogP contribution in [0.5, 0.6) is 0 Å². The summed E-state index contributed by atoms with van der Waals surface area (Å²) in [5, 5.41) is 11.9. The first-order valence-corrected chi connectivity index (χ1v) is 12.2. The Hall–Kier alpha value is -3.13. The summed E-state index contributed by atoms with van der Waals surface area (Å²) < 4.78 is 62.5. The van der Waals surface area contributed by atoms with Crippen LogP contribution in [0.2, 0.25) is 0 Å². The van der Waals surface area contributed by atoms with E-state index in [2.05, 4.69) is 20.6 Å². The molecule has 0 unspecified atom stereocenters. The fourth-order valence-electron chi connectivity index (χ4n) is 2.64. The quantitative estimate of drug-likeness (QED) is 0.545. The van der Waals surface area contributed by atoms with E-state index >= 15 is 0 Å². The molecule has 1 aromatic heterocycles. The van der Waals surface area contributed by atoms with E-state index in [9.17, 15) is 21.2 Å². The Kier molecular flexibility index (Phi) is 6.74. The van der Waals surface area contributed by atoms with E-state index in [0.29, 0.717) is 17.0 Å². The Balaban J connectivity index is 1.79. The maximum atomic E-state index is 14.3. The summed E-state index contributed by atoms with van der Waals surface area (Å²) in [6.07, 6.45) is 6.12. The van der Waals surface area contributed by atoms with Crippen LogP contribution in [0.4, 0.5) is 21.8 Å².